The Morgan fingerprint density at radius 3 is 2.60 bits per heavy atom. The quantitative estimate of drug-likeness (QED) is 0.555. The summed E-state index contributed by atoms with van der Waals surface area (Å²) in [5.41, 5.74) is 1.08. The molecule has 1 N–H and O–H groups in total. The number of carbonyl (C=O) groups is 1. The monoisotopic (exact) mass is 281 g/mol. The lowest BCUT2D eigenvalue weighted by atomic mass is 10.1. The molecule has 0 aliphatic heterocycles. The fraction of sp³-hybridized carbons (Fsp3) is 0.562. The van der Waals surface area contributed by atoms with E-state index >= 15 is 0 Å². The van der Waals surface area contributed by atoms with Crippen molar-refractivity contribution in [2.75, 3.05) is 13.2 Å². The molecule has 0 bridgehead atoms. The Hall–Kier alpha value is -1.42. The lowest BCUT2D eigenvalue weighted by Crippen LogP contribution is -2.19. The first-order chi connectivity index (χ1) is 9.63. The third kappa shape index (κ3) is 6.66. The molecule has 112 valence electrons. The number of halogens is 1. The summed E-state index contributed by atoms with van der Waals surface area (Å²) in [5, 5.41) is 3.39. The van der Waals surface area contributed by atoms with Crippen LogP contribution >= 0.6 is 0 Å². The molecule has 0 radical (unpaired) electrons. The average molecular weight is 281 g/mol. The van der Waals surface area contributed by atoms with E-state index in [-0.39, 0.29) is 17.8 Å². The van der Waals surface area contributed by atoms with E-state index in [0.717, 1.165) is 31.4 Å². The van der Waals surface area contributed by atoms with Crippen LogP contribution in [0.1, 0.15) is 51.1 Å². The molecule has 20 heavy (non-hydrogen) atoms. The summed E-state index contributed by atoms with van der Waals surface area (Å²) in [7, 11) is 0. The lowest BCUT2D eigenvalue weighted by molar-refractivity contribution is -0.143. The molecule has 1 rings (SSSR count). The second kappa shape index (κ2) is 9.48. The zero-order chi connectivity index (χ0) is 14.8. The summed E-state index contributed by atoms with van der Waals surface area (Å²) >= 11 is 0. The predicted molar refractivity (Wildman–Crippen MR) is 77.9 cm³/mol. The van der Waals surface area contributed by atoms with Crippen molar-refractivity contribution < 1.29 is 13.9 Å². The third-order valence-electron chi connectivity index (χ3n) is 3.18. The van der Waals surface area contributed by atoms with Crippen LogP contribution < -0.4 is 5.32 Å². The first-order valence-corrected chi connectivity index (χ1v) is 7.28. The first-order valence-electron chi connectivity index (χ1n) is 7.28. The minimum absolute atomic E-state index is 0.111. The summed E-state index contributed by atoms with van der Waals surface area (Å²) in [6, 6.07) is 6.77. The topological polar surface area (TPSA) is 38.3 Å². The molecule has 0 aromatic heterocycles. The van der Waals surface area contributed by atoms with E-state index < -0.39 is 0 Å². The fourth-order valence-corrected chi connectivity index (χ4v) is 1.99. The normalized spacial score (nSPS) is 12.2. The van der Waals surface area contributed by atoms with Gasteiger partial charge >= 0.3 is 5.97 Å². The number of ether oxygens (including phenoxy) is 1. The summed E-state index contributed by atoms with van der Waals surface area (Å²) in [4.78, 5) is 11.1. The molecule has 1 aromatic carbocycles. The Labute approximate surface area is 120 Å². The van der Waals surface area contributed by atoms with Crippen LogP contribution in [0.4, 0.5) is 4.39 Å². The zero-order valence-electron chi connectivity index (χ0n) is 12.3. The van der Waals surface area contributed by atoms with Gasteiger partial charge in [-0.2, -0.15) is 0 Å². The Kier molecular flexibility index (Phi) is 7.88. The van der Waals surface area contributed by atoms with Gasteiger partial charge in [-0.3, -0.25) is 4.79 Å². The molecule has 0 spiro atoms. The number of esters is 1. The SMILES string of the molecule is CCOC(=O)CCCCCN[C@H](C)c1ccc(F)cc1. The van der Waals surface area contributed by atoms with Gasteiger partial charge in [0, 0.05) is 12.5 Å². The van der Waals surface area contributed by atoms with Crippen LogP contribution in [0.3, 0.4) is 0 Å². The molecule has 0 saturated carbocycles. The summed E-state index contributed by atoms with van der Waals surface area (Å²) in [5.74, 6) is -0.319. The van der Waals surface area contributed by atoms with Gasteiger partial charge in [-0.1, -0.05) is 18.6 Å². The molecular weight excluding hydrogens is 257 g/mol. The smallest absolute Gasteiger partial charge is 0.305 e. The molecule has 0 aliphatic rings. The van der Waals surface area contributed by atoms with Gasteiger partial charge in [0.25, 0.3) is 0 Å². The second-order valence-electron chi connectivity index (χ2n) is 4.84. The molecule has 0 fully saturated rings. The molecule has 4 heteroatoms. The van der Waals surface area contributed by atoms with Crippen LogP contribution in [0.2, 0.25) is 0 Å². The van der Waals surface area contributed by atoms with Gasteiger partial charge in [-0.05, 0) is 50.9 Å². The van der Waals surface area contributed by atoms with E-state index in [2.05, 4.69) is 12.2 Å². The van der Waals surface area contributed by atoms with E-state index in [1.807, 2.05) is 6.92 Å². The summed E-state index contributed by atoms with van der Waals surface area (Å²) < 4.78 is 17.7. The third-order valence-corrected chi connectivity index (χ3v) is 3.18. The number of hydrogen-bond donors (Lipinski definition) is 1. The largest absolute Gasteiger partial charge is 0.466 e. The van der Waals surface area contributed by atoms with Gasteiger partial charge in [-0.15, -0.1) is 0 Å². The van der Waals surface area contributed by atoms with Crippen LogP contribution in [0, 0.1) is 5.82 Å². The number of hydrogen-bond acceptors (Lipinski definition) is 3. The van der Waals surface area contributed by atoms with Gasteiger partial charge in [-0.25, -0.2) is 4.39 Å². The maximum atomic E-state index is 12.8. The lowest BCUT2D eigenvalue weighted by Gasteiger charge is -2.14. The van der Waals surface area contributed by atoms with Crippen LogP contribution in [0.15, 0.2) is 24.3 Å². The van der Waals surface area contributed by atoms with Gasteiger partial charge in [0.2, 0.25) is 0 Å². The standard InChI is InChI=1S/C16H24FNO2/c1-3-20-16(19)7-5-4-6-12-18-13(2)14-8-10-15(17)11-9-14/h8-11,13,18H,3-7,12H2,1-2H3/t13-/m1/s1. The van der Waals surface area contributed by atoms with Crippen LogP contribution in [0.25, 0.3) is 0 Å². The number of unbranched alkanes of at least 4 members (excludes halogenated alkanes) is 2. The second-order valence-corrected chi connectivity index (χ2v) is 4.84. The van der Waals surface area contributed by atoms with E-state index in [1.165, 1.54) is 12.1 Å². The molecule has 0 aliphatic carbocycles. The number of carbonyl (C=O) groups excluding carboxylic acids is 1. The maximum absolute atomic E-state index is 12.8. The average Bonchev–Trinajstić information content (AvgIpc) is 2.43. The Bertz CT molecular complexity index is 392. The van der Waals surface area contributed by atoms with E-state index in [9.17, 15) is 9.18 Å². The molecular formula is C16H24FNO2. The zero-order valence-corrected chi connectivity index (χ0v) is 12.3. The highest BCUT2D eigenvalue weighted by atomic mass is 19.1. The maximum Gasteiger partial charge on any atom is 0.305 e. The molecule has 0 saturated heterocycles. The first kappa shape index (κ1) is 16.6. The summed E-state index contributed by atoms with van der Waals surface area (Å²) in [6.07, 6.45) is 3.39. The van der Waals surface area contributed by atoms with Crippen molar-refractivity contribution in [3.8, 4) is 0 Å². The van der Waals surface area contributed by atoms with E-state index in [0.29, 0.717) is 13.0 Å². The highest BCUT2D eigenvalue weighted by Crippen LogP contribution is 2.12. The minimum atomic E-state index is -0.208. The van der Waals surface area contributed by atoms with Gasteiger partial charge in [0.1, 0.15) is 5.82 Å². The van der Waals surface area contributed by atoms with Crippen LogP contribution in [0.5, 0.6) is 0 Å². The van der Waals surface area contributed by atoms with Crippen molar-refractivity contribution in [3.05, 3.63) is 35.6 Å². The van der Waals surface area contributed by atoms with Gasteiger partial charge in [0.15, 0.2) is 0 Å². The Morgan fingerprint density at radius 2 is 1.95 bits per heavy atom. The van der Waals surface area contributed by atoms with Crippen LogP contribution in [-0.4, -0.2) is 19.1 Å². The minimum Gasteiger partial charge on any atom is -0.466 e. The molecule has 1 aromatic rings. The van der Waals surface area contributed by atoms with Gasteiger partial charge in [0.05, 0.1) is 6.61 Å². The molecule has 0 unspecified atom stereocenters. The number of nitrogens with one attached hydrogen (secondary N) is 1. The van der Waals surface area contributed by atoms with Crippen LogP contribution in [-0.2, 0) is 9.53 Å². The van der Waals surface area contributed by atoms with Crippen molar-refractivity contribution in [3.63, 3.8) is 0 Å². The Morgan fingerprint density at radius 1 is 1.25 bits per heavy atom. The molecule has 1 atom stereocenters. The van der Waals surface area contributed by atoms with Crippen molar-refractivity contribution in [1.29, 1.82) is 0 Å². The molecule has 0 amide bonds. The van der Waals surface area contributed by atoms with E-state index in [4.69, 9.17) is 4.74 Å². The van der Waals surface area contributed by atoms with Crippen molar-refractivity contribution in [2.45, 2.75) is 45.6 Å². The molecule has 3 nitrogen and oxygen atoms in total. The number of rotatable bonds is 9. The van der Waals surface area contributed by atoms with Crippen molar-refractivity contribution in [2.24, 2.45) is 0 Å². The highest BCUT2D eigenvalue weighted by molar-refractivity contribution is 5.69. The predicted octanol–water partition coefficient (Wildman–Crippen LogP) is 3.60. The van der Waals surface area contributed by atoms with Crippen molar-refractivity contribution >= 4 is 5.97 Å². The molecule has 0 heterocycles. The van der Waals surface area contributed by atoms with E-state index in [1.54, 1.807) is 12.1 Å². The van der Waals surface area contributed by atoms with Gasteiger partial charge < -0.3 is 10.1 Å². The fourth-order valence-electron chi connectivity index (χ4n) is 1.99. The Balaban J connectivity index is 2.09. The number of benzene rings is 1. The van der Waals surface area contributed by atoms with Crippen molar-refractivity contribution in [1.82, 2.24) is 5.32 Å². The summed E-state index contributed by atoms with van der Waals surface area (Å²) in [6.45, 7) is 5.22. The highest BCUT2D eigenvalue weighted by Gasteiger charge is 2.04.